The SMILES string of the molecule is COC[C@H]1[C@@H](NS(=O)(=O)C2(C)CC2)CCCN1CCOc1ccccc1C. The van der Waals surface area contributed by atoms with Crippen LogP contribution in [0, 0.1) is 6.92 Å². The lowest BCUT2D eigenvalue weighted by atomic mass is 9.97. The Labute approximate surface area is 163 Å². The van der Waals surface area contributed by atoms with Crippen LogP contribution in [0.5, 0.6) is 5.75 Å². The molecule has 0 radical (unpaired) electrons. The number of sulfonamides is 1. The van der Waals surface area contributed by atoms with E-state index in [0.29, 0.717) is 13.2 Å². The minimum atomic E-state index is -3.29. The lowest BCUT2D eigenvalue weighted by Crippen LogP contribution is -2.58. The largest absolute Gasteiger partial charge is 0.492 e. The number of aryl methyl sites for hydroxylation is 1. The van der Waals surface area contributed by atoms with Gasteiger partial charge >= 0.3 is 0 Å². The van der Waals surface area contributed by atoms with Crippen molar-refractivity contribution >= 4 is 10.0 Å². The Balaban J connectivity index is 1.61. The van der Waals surface area contributed by atoms with E-state index in [0.717, 1.165) is 50.1 Å². The lowest BCUT2D eigenvalue weighted by molar-refractivity contribution is 0.0402. The molecule has 3 rings (SSSR count). The maximum absolute atomic E-state index is 12.7. The Hall–Kier alpha value is -1.15. The maximum atomic E-state index is 12.7. The number of ether oxygens (including phenoxy) is 2. The first-order valence-corrected chi connectivity index (χ1v) is 11.3. The van der Waals surface area contributed by atoms with Crippen molar-refractivity contribution in [3.8, 4) is 5.75 Å². The Bertz CT molecular complexity index is 733. The summed E-state index contributed by atoms with van der Waals surface area (Å²) >= 11 is 0. The van der Waals surface area contributed by atoms with E-state index in [1.807, 2.05) is 38.1 Å². The number of piperidine rings is 1. The summed E-state index contributed by atoms with van der Waals surface area (Å²) in [5.74, 6) is 0.900. The molecule has 2 atom stereocenters. The molecule has 2 fully saturated rings. The molecule has 1 saturated carbocycles. The predicted molar refractivity (Wildman–Crippen MR) is 107 cm³/mol. The predicted octanol–water partition coefficient (Wildman–Crippen LogP) is 2.33. The average molecular weight is 397 g/mol. The molecule has 1 aliphatic carbocycles. The summed E-state index contributed by atoms with van der Waals surface area (Å²) in [6.45, 7) is 6.62. The Morgan fingerprint density at radius 3 is 2.70 bits per heavy atom. The minimum absolute atomic E-state index is 0.0290. The van der Waals surface area contributed by atoms with Crippen molar-refractivity contribution in [1.82, 2.24) is 9.62 Å². The highest BCUT2D eigenvalue weighted by atomic mass is 32.2. The van der Waals surface area contributed by atoms with Gasteiger partial charge in [-0.25, -0.2) is 13.1 Å². The average Bonchev–Trinajstić information content (AvgIpc) is 3.38. The van der Waals surface area contributed by atoms with Crippen molar-refractivity contribution < 1.29 is 17.9 Å². The van der Waals surface area contributed by atoms with Crippen LogP contribution in [0.15, 0.2) is 24.3 Å². The Morgan fingerprint density at radius 1 is 1.30 bits per heavy atom. The van der Waals surface area contributed by atoms with Crippen LogP contribution in [0.1, 0.15) is 38.2 Å². The van der Waals surface area contributed by atoms with Gasteiger partial charge in [0, 0.05) is 25.7 Å². The standard InChI is InChI=1S/C20H32N2O4S/c1-16-7-4-5-9-19(16)26-14-13-22-12-6-8-17(18(22)15-25-3)21-27(23,24)20(2)10-11-20/h4-5,7,9,17-18,21H,6,8,10-15H2,1-3H3/t17-,18-/m0/s1. The number of nitrogens with one attached hydrogen (secondary N) is 1. The van der Waals surface area contributed by atoms with Crippen LogP contribution in [0.2, 0.25) is 0 Å². The lowest BCUT2D eigenvalue weighted by Gasteiger charge is -2.41. The molecule has 1 saturated heterocycles. The fourth-order valence-electron chi connectivity index (χ4n) is 3.71. The molecular weight excluding hydrogens is 364 g/mol. The number of nitrogens with zero attached hydrogens (tertiary/aromatic N) is 1. The summed E-state index contributed by atoms with van der Waals surface area (Å²) in [6, 6.07) is 7.90. The van der Waals surface area contributed by atoms with E-state index in [9.17, 15) is 8.42 Å². The molecule has 2 aliphatic rings. The number of hydrogen-bond acceptors (Lipinski definition) is 5. The summed E-state index contributed by atoms with van der Waals surface area (Å²) in [4.78, 5) is 2.30. The van der Waals surface area contributed by atoms with Gasteiger partial charge in [-0.05, 0) is 57.7 Å². The van der Waals surface area contributed by atoms with Crippen LogP contribution >= 0.6 is 0 Å². The second kappa shape index (κ2) is 8.47. The first kappa shape index (κ1) is 20.6. The van der Waals surface area contributed by atoms with Gasteiger partial charge in [0.2, 0.25) is 10.0 Å². The van der Waals surface area contributed by atoms with Crippen molar-refractivity contribution in [1.29, 1.82) is 0 Å². The summed E-state index contributed by atoms with van der Waals surface area (Å²) in [7, 11) is -1.62. The van der Waals surface area contributed by atoms with Crippen LogP contribution < -0.4 is 9.46 Å². The van der Waals surface area contributed by atoms with Gasteiger partial charge in [0.25, 0.3) is 0 Å². The van der Waals surface area contributed by atoms with E-state index in [1.54, 1.807) is 7.11 Å². The van der Waals surface area contributed by atoms with Gasteiger partial charge in [-0.15, -0.1) is 0 Å². The van der Waals surface area contributed by atoms with Gasteiger partial charge in [0.1, 0.15) is 12.4 Å². The molecule has 1 aromatic rings. The maximum Gasteiger partial charge on any atom is 0.217 e. The topological polar surface area (TPSA) is 67.9 Å². The second-order valence-electron chi connectivity index (χ2n) is 7.99. The van der Waals surface area contributed by atoms with E-state index >= 15 is 0 Å². The molecule has 0 spiro atoms. The summed E-state index contributed by atoms with van der Waals surface area (Å²) in [5, 5.41) is 0. The molecule has 7 heteroatoms. The minimum Gasteiger partial charge on any atom is -0.492 e. The number of para-hydroxylation sites is 1. The van der Waals surface area contributed by atoms with Gasteiger partial charge in [-0.1, -0.05) is 18.2 Å². The number of methoxy groups -OCH3 is 1. The fraction of sp³-hybridized carbons (Fsp3) is 0.700. The van der Waals surface area contributed by atoms with Crippen molar-refractivity contribution in [3.05, 3.63) is 29.8 Å². The van der Waals surface area contributed by atoms with Crippen molar-refractivity contribution in [2.45, 2.75) is 56.4 Å². The van der Waals surface area contributed by atoms with Gasteiger partial charge < -0.3 is 9.47 Å². The number of rotatable bonds is 9. The van der Waals surface area contributed by atoms with Crippen LogP contribution in [0.4, 0.5) is 0 Å². The van der Waals surface area contributed by atoms with Crippen LogP contribution in [-0.2, 0) is 14.8 Å². The quantitative estimate of drug-likeness (QED) is 0.694. The van der Waals surface area contributed by atoms with Crippen molar-refractivity contribution in [2.24, 2.45) is 0 Å². The molecule has 1 aliphatic heterocycles. The van der Waals surface area contributed by atoms with E-state index in [4.69, 9.17) is 9.47 Å². The molecule has 27 heavy (non-hydrogen) atoms. The third kappa shape index (κ3) is 4.83. The zero-order valence-electron chi connectivity index (χ0n) is 16.6. The zero-order valence-corrected chi connectivity index (χ0v) is 17.4. The molecular formula is C20H32N2O4S. The zero-order chi connectivity index (χ0) is 19.5. The van der Waals surface area contributed by atoms with E-state index < -0.39 is 14.8 Å². The van der Waals surface area contributed by atoms with E-state index in [2.05, 4.69) is 9.62 Å². The van der Waals surface area contributed by atoms with Crippen LogP contribution in [-0.4, -0.2) is 63.6 Å². The smallest absolute Gasteiger partial charge is 0.217 e. The summed E-state index contributed by atoms with van der Waals surface area (Å²) < 4.78 is 39.1. The number of likely N-dealkylation sites (tertiary alicyclic amines) is 1. The summed E-state index contributed by atoms with van der Waals surface area (Å²) in [5.41, 5.74) is 1.12. The highest BCUT2D eigenvalue weighted by molar-refractivity contribution is 7.91. The van der Waals surface area contributed by atoms with E-state index in [-0.39, 0.29) is 12.1 Å². The van der Waals surface area contributed by atoms with Gasteiger partial charge in [-0.2, -0.15) is 0 Å². The van der Waals surface area contributed by atoms with Crippen molar-refractivity contribution in [3.63, 3.8) is 0 Å². The van der Waals surface area contributed by atoms with Gasteiger partial charge in [-0.3, -0.25) is 4.90 Å². The molecule has 1 heterocycles. The molecule has 152 valence electrons. The van der Waals surface area contributed by atoms with Gasteiger partial charge in [0.15, 0.2) is 0 Å². The highest BCUT2D eigenvalue weighted by Crippen LogP contribution is 2.42. The number of benzene rings is 1. The molecule has 6 nitrogen and oxygen atoms in total. The number of hydrogen-bond donors (Lipinski definition) is 1. The van der Waals surface area contributed by atoms with Crippen LogP contribution in [0.25, 0.3) is 0 Å². The highest BCUT2D eigenvalue weighted by Gasteiger charge is 2.51. The first-order valence-electron chi connectivity index (χ1n) is 9.79. The third-order valence-corrected chi connectivity index (χ3v) is 8.19. The normalized spacial score (nSPS) is 25.3. The Morgan fingerprint density at radius 2 is 2.04 bits per heavy atom. The van der Waals surface area contributed by atoms with Gasteiger partial charge in [0.05, 0.1) is 11.4 Å². The molecule has 0 bridgehead atoms. The second-order valence-corrected chi connectivity index (χ2v) is 10.2. The van der Waals surface area contributed by atoms with E-state index in [1.165, 1.54) is 0 Å². The molecule has 0 aromatic heterocycles. The molecule has 0 amide bonds. The summed E-state index contributed by atoms with van der Waals surface area (Å²) in [6.07, 6.45) is 3.31. The third-order valence-electron chi connectivity index (χ3n) is 5.87. The van der Waals surface area contributed by atoms with Crippen molar-refractivity contribution in [2.75, 3.05) is 33.4 Å². The first-order chi connectivity index (χ1) is 12.9. The monoisotopic (exact) mass is 396 g/mol. The fourth-order valence-corrected chi connectivity index (χ4v) is 5.31. The Kier molecular flexibility index (Phi) is 6.46. The molecule has 1 aromatic carbocycles. The molecule has 1 N–H and O–H groups in total. The van der Waals surface area contributed by atoms with Crippen LogP contribution in [0.3, 0.4) is 0 Å². The molecule has 0 unspecified atom stereocenters.